The number of fused-ring (bicyclic) bond motifs is 2. The molecule has 1 aliphatic carbocycles. The third-order valence-corrected chi connectivity index (χ3v) is 4.33. The minimum absolute atomic E-state index is 0.108. The maximum absolute atomic E-state index is 12.6. The van der Waals surface area contributed by atoms with E-state index >= 15 is 0 Å². The number of rotatable bonds is 4. The number of carbonyl (C=O) groups excluding carboxylic acids is 3. The highest BCUT2D eigenvalue weighted by Crippen LogP contribution is 2.38. The van der Waals surface area contributed by atoms with E-state index in [4.69, 9.17) is 4.74 Å². The van der Waals surface area contributed by atoms with Crippen molar-refractivity contribution in [2.75, 3.05) is 5.33 Å². The van der Waals surface area contributed by atoms with Gasteiger partial charge in [0.1, 0.15) is 0 Å². The van der Waals surface area contributed by atoms with E-state index in [0.717, 1.165) is 0 Å². The highest BCUT2D eigenvalue weighted by Gasteiger charge is 2.33. The summed E-state index contributed by atoms with van der Waals surface area (Å²) >= 11 is 3.22. The SMILES string of the molecule is O=C(CCCBr)Oc1ccc2c(c1O)C(=O)c1ccccc1C2=O. The van der Waals surface area contributed by atoms with Crippen molar-refractivity contribution < 1.29 is 24.2 Å². The van der Waals surface area contributed by atoms with Gasteiger partial charge in [0.05, 0.1) is 5.56 Å². The number of halogens is 1. The van der Waals surface area contributed by atoms with Gasteiger partial charge in [-0.05, 0) is 18.6 Å². The quantitative estimate of drug-likeness (QED) is 0.421. The molecular formula is C18H13BrO5. The summed E-state index contributed by atoms with van der Waals surface area (Å²) in [5.74, 6) is -1.91. The third kappa shape index (κ3) is 2.73. The number of phenolic OH excluding ortho intramolecular Hbond substituents is 1. The molecule has 0 bridgehead atoms. The van der Waals surface area contributed by atoms with Crippen LogP contribution in [0.1, 0.15) is 44.7 Å². The molecule has 6 heteroatoms. The van der Waals surface area contributed by atoms with Crippen molar-refractivity contribution in [2.24, 2.45) is 0 Å². The Kier molecular flexibility index (Phi) is 4.49. The zero-order chi connectivity index (χ0) is 17.3. The van der Waals surface area contributed by atoms with Crippen LogP contribution in [-0.4, -0.2) is 28.0 Å². The summed E-state index contributed by atoms with van der Waals surface area (Å²) in [6, 6.07) is 9.17. The van der Waals surface area contributed by atoms with Gasteiger partial charge < -0.3 is 9.84 Å². The molecule has 1 aliphatic rings. The Bertz CT molecular complexity index is 856. The van der Waals surface area contributed by atoms with Gasteiger partial charge in [-0.25, -0.2) is 0 Å². The van der Waals surface area contributed by atoms with Crippen LogP contribution in [0.3, 0.4) is 0 Å². The lowest BCUT2D eigenvalue weighted by atomic mass is 9.83. The van der Waals surface area contributed by atoms with Gasteiger partial charge in [0, 0.05) is 28.4 Å². The summed E-state index contributed by atoms with van der Waals surface area (Å²) < 4.78 is 5.11. The van der Waals surface area contributed by atoms with Gasteiger partial charge in [0.15, 0.2) is 23.1 Å². The molecule has 1 N–H and O–H groups in total. The lowest BCUT2D eigenvalue weighted by Crippen LogP contribution is -2.21. The van der Waals surface area contributed by atoms with E-state index in [1.165, 1.54) is 18.2 Å². The van der Waals surface area contributed by atoms with Crippen molar-refractivity contribution in [1.29, 1.82) is 0 Å². The van der Waals surface area contributed by atoms with E-state index in [-0.39, 0.29) is 34.6 Å². The monoisotopic (exact) mass is 388 g/mol. The van der Waals surface area contributed by atoms with Gasteiger partial charge in [-0.1, -0.05) is 40.2 Å². The number of ketones is 2. The van der Waals surface area contributed by atoms with E-state index in [2.05, 4.69) is 15.9 Å². The van der Waals surface area contributed by atoms with Crippen LogP contribution in [0.4, 0.5) is 0 Å². The average molecular weight is 389 g/mol. The molecule has 0 amide bonds. The van der Waals surface area contributed by atoms with Crippen molar-refractivity contribution in [3.63, 3.8) is 0 Å². The molecule has 0 radical (unpaired) electrons. The molecule has 0 aliphatic heterocycles. The Labute approximate surface area is 146 Å². The van der Waals surface area contributed by atoms with Gasteiger partial charge in [0.2, 0.25) is 0 Å². The number of hydrogen-bond acceptors (Lipinski definition) is 5. The molecule has 5 nitrogen and oxygen atoms in total. The lowest BCUT2D eigenvalue weighted by molar-refractivity contribution is -0.134. The van der Waals surface area contributed by atoms with Crippen molar-refractivity contribution >= 4 is 33.5 Å². The molecule has 2 aromatic rings. The van der Waals surface area contributed by atoms with Crippen molar-refractivity contribution in [3.8, 4) is 11.5 Å². The van der Waals surface area contributed by atoms with Crippen molar-refractivity contribution in [3.05, 3.63) is 58.7 Å². The largest absolute Gasteiger partial charge is 0.504 e. The van der Waals surface area contributed by atoms with Gasteiger partial charge >= 0.3 is 5.97 Å². The number of aromatic hydroxyl groups is 1. The predicted octanol–water partition coefficient (Wildman–Crippen LogP) is 3.25. The Morgan fingerprint density at radius 2 is 1.67 bits per heavy atom. The summed E-state index contributed by atoms with van der Waals surface area (Å²) in [7, 11) is 0. The molecule has 0 aromatic heterocycles. The first-order valence-electron chi connectivity index (χ1n) is 7.35. The van der Waals surface area contributed by atoms with Crippen LogP contribution in [-0.2, 0) is 4.79 Å². The Hall–Kier alpha value is -2.47. The molecule has 0 heterocycles. The average Bonchev–Trinajstić information content (AvgIpc) is 2.59. The normalized spacial score (nSPS) is 12.5. The topological polar surface area (TPSA) is 80.7 Å². The first-order chi connectivity index (χ1) is 11.5. The van der Waals surface area contributed by atoms with Crippen LogP contribution >= 0.6 is 15.9 Å². The van der Waals surface area contributed by atoms with Crippen LogP contribution < -0.4 is 4.74 Å². The second kappa shape index (κ2) is 6.57. The van der Waals surface area contributed by atoms with Crippen LogP contribution in [0, 0.1) is 0 Å². The Balaban J connectivity index is 2.01. The summed E-state index contributed by atoms with van der Waals surface area (Å²) in [6.07, 6.45) is 0.771. The molecule has 0 spiro atoms. The molecule has 2 aromatic carbocycles. The minimum atomic E-state index is -0.514. The zero-order valence-electron chi connectivity index (χ0n) is 12.5. The maximum atomic E-state index is 12.6. The fourth-order valence-electron chi connectivity index (χ4n) is 2.62. The molecular weight excluding hydrogens is 376 g/mol. The van der Waals surface area contributed by atoms with Crippen LogP contribution in [0.5, 0.6) is 11.5 Å². The summed E-state index contributed by atoms with van der Waals surface area (Å²) in [5, 5.41) is 11.0. The first kappa shape index (κ1) is 16.4. The second-order valence-electron chi connectivity index (χ2n) is 5.31. The number of esters is 1. The summed E-state index contributed by atoms with van der Waals surface area (Å²) in [6.45, 7) is 0. The van der Waals surface area contributed by atoms with Gasteiger partial charge in [-0.2, -0.15) is 0 Å². The fourth-order valence-corrected chi connectivity index (χ4v) is 2.90. The van der Waals surface area contributed by atoms with E-state index in [9.17, 15) is 19.5 Å². The van der Waals surface area contributed by atoms with Crippen LogP contribution in [0.2, 0.25) is 0 Å². The Morgan fingerprint density at radius 1 is 1.00 bits per heavy atom. The van der Waals surface area contributed by atoms with Gasteiger partial charge in [-0.15, -0.1) is 0 Å². The predicted molar refractivity (Wildman–Crippen MR) is 90.1 cm³/mol. The fraction of sp³-hybridized carbons (Fsp3) is 0.167. The maximum Gasteiger partial charge on any atom is 0.311 e. The molecule has 3 rings (SSSR count). The molecule has 24 heavy (non-hydrogen) atoms. The minimum Gasteiger partial charge on any atom is -0.504 e. The zero-order valence-corrected chi connectivity index (χ0v) is 14.1. The standard InChI is InChI=1S/C18H13BrO5/c19-9-3-6-14(20)24-13-8-7-12-15(18(13)23)17(22)11-5-2-1-4-10(11)16(12)21/h1-2,4-5,7-8,23H,3,6,9H2. The van der Waals surface area contributed by atoms with Crippen molar-refractivity contribution in [2.45, 2.75) is 12.8 Å². The van der Waals surface area contributed by atoms with Gasteiger partial charge in [0.25, 0.3) is 0 Å². The molecule has 0 unspecified atom stereocenters. The van der Waals surface area contributed by atoms with Gasteiger partial charge in [-0.3, -0.25) is 14.4 Å². The first-order valence-corrected chi connectivity index (χ1v) is 8.47. The van der Waals surface area contributed by atoms with E-state index in [1.807, 2.05) is 0 Å². The molecule has 0 atom stereocenters. The summed E-state index contributed by atoms with van der Waals surface area (Å²) in [4.78, 5) is 36.9. The lowest BCUT2D eigenvalue weighted by Gasteiger charge is -2.19. The number of alkyl halides is 1. The van der Waals surface area contributed by atoms with Crippen LogP contribution in [0.15, 0.2) is 36.4 Å². The van der Waals surface area contributed by atoms with E-state index < -0.39 is 17.5 Å². The third-order valence-electron chi connectivity index (χ3n) is 3.77. The van der Waals surface area contributed by atoms with E-state index in [1.54, 1.807) is 18.2 Å². The number of ether oxygens (including phenoxy) is 1. The number of benzene rings is 2. The summed E-state index contributed by atoms with van der Waals surface area (Å²) in [5.41, 5.74) is 0.519. The number of phenols is 1. The second-order valence-corrected chi connectivity index (χ2v) is 6.10. The van der Waals surface area contributed by atoms with Crippen molar-refractivity contribution in [1.82, 2.24) is 0 Å². The smallest absolute Gasteiger partial charge is 0.311 e. The molecule has 0 saturated carbocycles. The highest BCUT2D eigenvalue weighted by molar-refractivity contribution is 9.09. The molecule has 0 fully saturated rings. The number of hydrogen-bond donors (Lipinski definition) is 1. The molecule has 0 saturated heterocycles. The molecule has 122 valence electrons. The Morgan fingerprint density at radius 3 is 2.33 bits per heavy atom. The highest BCUT2D eigenvalue weighted by atomic mass is 79.9. The number of carbonyl (C=O) groups is 3. The van der Waals surface area contributed by atoms with Crippen LogP contribution in [0.25, 0.3) is 0 Å². The van der Waals surface area contributed by atoms with E-state index in [0.29, 0.717) is 17.3 Å².